The van der Waals surface area contributed by atoms with E-state index in [1.165, 1.54) is 11.6 Å². The van der Waals surface area contributed by atoms with Crippen molar-refractivity contribution in [2.45, 2.75) is 31.7 Å². The second kappa shape index (κ2) is 5.48. The Morgan fingerprint density at radius 2 is 2.33 bits per heavy atom. The van der Waals surface area contributed by atoms with Crippen molar-refractivity contribution in [2.24, 2.45) is 0 Å². The summed E-state index contributed by atoms with van der Waals surface area (Å²) in [7, 11) is 2.00. The number of carbonyl (C=O) groups is 1. The van der Waals surface area contributed by atoms with E-state index < -0.39 is 5.97 Å². The molecule has 0 aliphatic heterocycles. The Bertz CT molecular complexity index is 447. The summed E-state index contributed by atoms with van der Waals surface area (Å²) < 4.78 is 13.1. The van der Waals surface area contributed by atoms with E-state index in [0.29, 0.717) is 12.5 Å². The van der Waals surface area contributed by atoms with Gasteiger partial charge < -0.3 is 5.11 Å². The number of nitrogens with zero attached hydrogens (tertiary/aromatic N) is 1. The maximum absolute atomic E-state index is 13.1. The molecule has 98 valence electrons. The number of benzene rings is 1. The highest BCUT2D eigenvalue weighted by molar-refractivity contribution is 5.66. The highest BCUT2D eigenvalue weighted by Gasteiger charge is 2.25. The molecule has 0 saturated heterocycles. The van der Waals surface area contributed by atoms with Crippen molar-refractivity contribution in [1.29, 1.82) is 0 Å². The zero-order valence-corrected chi connectivity index (χ0v) is 10.5. The summed E-state index contributed by atoms with van der Waals surface area (Å²) in [4.78, 5) is 12.7. The lowest BCUT2D eigenvalue weighted by atomic mass is 10.1. The SMILES string of the molecule is CN(CCCC(=O)O)C1CCc2cc(F)ccc21. The van der Waals surface area contributed by atoms with Crippen molar-refractivity contribution in [1.82, 2.24) is 4.90 Å². The van der Waals surface area contributed by atoms with Crippen molar-refractivity contribution < 1.29 is 14.3 Å². The average Bonchev–Trinajstić information content (AvgIpc) is 2.71. The number of aliphatic carboxylic acids is 1. The summed E-state index contributed by atoms with van der Waals surface area (Å²) in [6.07, 6.45) is 2.75. The molecule has 1 aromatic rings. The Balaban J connectivity index is 1.97. The quantitative estimate of drug-likeness (QED) is 0.874. The fraction of sp³-hybridized carbons (Fsp3) is 0.500. The summed E-state index contributed by atoms with van der Waals surface area (Å²) >= 11 is 0. The fourth-order valence-electron chi connectivity index (χ4n) is 2.66. The van der Waals surface area contributed by atoms with Gasteiger partial charge in [0.1, 0.15) is 5.82 Å². The van der Waals surface area contributed by atoms with Crippen LogP contribution in [0.25, 0.3) is 0 Å². The Kier molecular flexibility index (Phi) is 3.97. The topological polar surface area (TPSA) is 40.5 Å². The molecule has 1 aromatic carbocycles. The Morgan fingerprint density at radius 3 is 3.06 bits per heavy atom. The van der Waals surface area contributed by atoms with Gasteiger partial charge in [0, 0.05) is 12.5 Å². The second-order valence-electron chi connectivity index (χ2n) is 4.88. The minimum atomic E-state index is -0.753. The molecule has 0 saturated carbocycles. The van der Waals surface area contributed by atoms with Gasteiger partial charge in [0.05, 0.1) is 0 Å². The van der Waals surface area contributed by atoms with Gasteiger partial charge in [0.2, 0.25) is 0 Å². The van der Waals surface area contributed by atoms with Crippen molar-refractivity contribution in [3.63, 3.8) is 0 Å². The van der Waals surface area contributed by atoms with E-state index in [-0.39, 0.29) is 12.2 Å². The molecule has 18 heavy (non-hydrogen) atoms. The van der Waals surface area contributed by atoms with Crippen LogP contribution >= 0.6 is 0 Å². The lowest BCUT2D eigenvalue weighted by Crippen LogP contribution is -2.24. The molecule has 1 unspecified atom stereocenters. The van der Waals surface area contributed by atoms with Crippen LogP contribution in [0.5, 0.6) is 0 Å². The summed E-state index contributed by atoms with van der Waals surface area (Å²) in [5, 5.41) is 8.62. The first kappa shape index (κ1) is 13.0. The molecule has 1 aliphatic carbocycles. The van der Waals surface area contributed by atoms with Crippen LogP contribution < -0.4 is 0 Å². The standard InChI is InChI=1S/C14H18FNO2/c1-16(8-2-3-14(17)18)13-7-4-10-9-11(15)5-6-12(10)13/h5-6,9,13H,2-4,7-8H2,1H3,(H,17,18). The summed E-state index contributed by atoms with van der Waals surface area (Å²) in [6.45, 7) is 0.758. The van der Waals surface area contributed by atoms with E-state index >= 15 is 0 Å². The van der Waals surface area contributed by atoms with Gasteiger partial charge in [0.15, 0.2) is 0 Å². The van der Waals surface area contributed by atoms with E-state index in [1.54, 1.807) is 6.07 Å². The first-order valence-corrected chi connectivity index (χ1v) is 6.28. The van der Waals surface area contributed by atoms with Crippen molar-refractivity contribution in [3.8, 4) is 0 Å². The third-order valence-electron chi connectivity index (χ3n) is 3.58. The van der Waals surface area contributed by atoms with Gasteiger partial charge >= 0.3 is 5.97 Å². The van der Waals surface area contributed by atoms with Crippen LogP contribution in [-0.2, 0) is 11.2 Å². The monoisotopic (exact) mass is 251 g/mol. The average molecular weight is 251 g/mol. The number of hydrogen-bond acceptors (Lipinski definition) is 2. The smallest absolute Gasteiger partial charge is 0.303 e. The molecule has 1 aliphatic rings. The number of aryl methyl sites for hydroxylation is 1. The molecule has 3 nitrogen and oxygen atoms in total. The first-order valence-electron chi connectivity index (χ1n) is 6.28. The number of hydrogen-bond donors (Lipinski definition) is 1. The van der Waals surface area contributed by atoms with Gasteiger partial charge in [-0.1, -0.05) is 6.07 Å². The Morgan fingerprint density at radius 1 is 1.56 bits per heavy atom. The highest BCUT2D eigenvalue weighted by Crippen LogP contribution is 2.35. The molecule has 0 heterocycles. The van der Waals surface area contributed by atoms with Crippen molar-refractivity contribution in [2.75, 3.05) is 13.6 Å². The number of fused-ring (bicyclic) bond motifs is 1. The van der Waals surface area contributed by atoms with E-state index in [9.17, 15) is 9.18 Å². The van der Waals surface area contributed by atoms with Crippen LogP contribution in [0.3, 0.4) is 0 Å². The van der Waals surface area contributed by atoms with Crippen LogP contribution in [0.4, 0.5) is 4.39 Å². The molecule has 0 amide bonds. The predicted molar refractivity (Wildman–Crippen MR) is 67.0 cm³/mol. The van der Waals surface area contributed by atoms with E-state index in [4.69, 9.17) is 5.11 Å². The van der Waals surface area contributed by atoms with Crippen molar-refractivity contribution in [3.05, 3.63) is 35.1 Å². The molecular formula is C14H18FNO2. The zero-order valence-electron chi connectivity index (χ0n) is 10.5. The van der Waals surface area contributed by atoms with Crippen LogP contribution in [0.2, 0.25) is 0 Å². The number of halogens is 1. The van der Waals surface area contributed by atoms with Gasteiger partial charge in [-0.3, -0.25) is 9.69 Å². The third kappa shape index (κ3) is 2.88. The van der Waals surface area contributed by atoms with Gasteiger partial charge in [-0.15, -0.1) is 0 Å². The van der Waals surface area contributed by atoms with E-state index in [0.717, 1.165) is 24.9 Å². The summed E-state index contributed by atoms with van der Waals surface area (Å²) in [5.41, 5.74) is 2.28. The molecule has 2 rings (SSSR count). The van der Waals surface area contributed by atoms with E-state index in [2.05, 4.69) is 4.90 Å². The molecule has 1 N–H and O–H groups in total. The van der Waals surface area contributed by atoms with E-state index in [1.807, 2.05) is 13.1 Å². The van der Waals surface area contributed by atoms with Crippen LogP contribution in [0.15, 0.2) is 18.2 Å². The van der Waals surface area contributed by atoms with Crippen molar-refractivity contribution >= 4 is 5.97 Å². The lowest BCUT2D eigenvalue weighted by Gasteiger charge is -2.24. The maximum Gasteiger partial charge on any atom is 0.303 e. The summed E-state index contributed by atoms with van der Waals surface area (Å²) in [6, 6.07) is 5.27. The Hall–Kier alpha value is -1.42. The van der Waals surface area contributed by atoms with Gasteiger partial charge in [-0.2, -0.15) is 0 Å². The number of rotatable bonds is 5. The first-order chi connectivity index (χ1) is 8.58. The molecule has 0 spiro atoms. The molecule has 0 aromatic heterocycles. The third-order valence-corrected chi connectivity index (χ3v) is 3.58. The largest absolute Gasteiger partial charge is 0.481 e. The van der Waals surface area contributed by atoms with Crippen LogP contribution in [0.1, 0.15) is 36.4 Å². The molecule has 0 bridgehead atoms. The number of carboxylic acid groups (broad SMARTS) is 1. The molecule has 4 heteroatoms. The molecular weight excluding hydrogens is 233 g/mol. The van der Waals surface area contributed by atoms with Gasteiger partial charge in [-0.25, -0.2) is 4.39 Å². The second-order valence-corrected chi connectivity index (χ2v) is 4.88. The van der Waals surface area contributed by atoms with Gasteiger partial charge in [-0.05, 0) is 56.1 Å². The number of carboxylic acids is 1. The minimum Gasteiger partial charge on any atom is -0.481 e. The minimum absolute atomic E-state index is 0.178. The molecule has 0 radical (unpaired) electrons. The molecule has 0 fully saturated rings. The summed E-state index contributed by atoms with van der Waals surface area (Å²) in [5.74, 6) is -0.930. The molecule has 1 atom stereocenters. The zero-order chi connectivity index (χ0) is 13.1. The van der Waals surface area contributed by atoms with Crippen LogP contribution in [-0.4, -0.2) is 29.6 Å². The maximum atomic E-state index is 13.1. The van der Waals surface area contributed by atoms with Gasteiger partial charge in [0.25, 0.3) is 0 Å². The predicted octanol–water partition coefficient (Wildman–Crippen LogP) is 2.61. The lowest BCUT2D eigenvalue weighted by molar-refractivity contribution is -0.137. The fourth-order valence-corrected chi connectivity index (χ4v) is 2.66. The highest BCUT2D eigenvalue weighted by atomic mass is 19.1. The van der Waals surface area contributed by atoms with Crippen LogP contribution in [0, 0.1) is 5.82 Å². The Labute approximate surface area is 106 Å². The normalized spacial score (nSPS) is 18.1.